The van der Waals surface area contributed by atoms with Crippen molar-refractivity contribution < 1.29 is 19.1 Å². The number of hydrogen-bond acceptors (Lipinski definition) is 4. The van der Waals surface area contributed by atoms with Gasteiger partial charge in [-0.1, -0.05) is 0 Å². The molecule has 0 aromatic rings. The molecular weight excluding hydrogens is 236 g/mol. The van der Waals surface area contributed by atoms with Crippen LogP contribution in [0.2, 0.25) is 0 Å². The molecule has 0 bridgehead atoms. The maximum atomic E-state index is 11.8. The lowest BCUT2D eigenvalue weighted by atomic mass is 10.1. The first-order valence-electron chi connectivity index (χ1n) is 6.03. The van der Waals surface area contributed by atoms with Gasteiger partial charge in [0.1, 0.15) is 11.9 Å². The summed E-state index contributed by atoms with van der Waals surface area (Å²) in [5, 5.41) is 2.50. The summed E-state index contributed by atoms with van der Waals surface area (Å²) in [6.45, 7) is 6.27. The molecule has 0 aromatic carbocycles. The molecular formula is C12H20N2O4. The first-order valence-corrected chi connectivity index (χ1v) is 6.03. The summed E-state index contributed by atoms with van der Waals surface area (Å²) in [6, 6.07) is 0. The second-order valence-electron chi connectivity index (χ2n) is 5.32. The first-order chi connectivity index (χ1) is 8.33. The van der Waals surface area contributed by atoms with Crippen LogP contribution in [-0.4, -0.2) is 48.4 Å². The van der Waals surface area contributed by atoms with E-state index >= 15 is 0 Å². The molecule has 1 aliphatic heterocycles. The third kappa shape index (κ3) is 4.35. The van der Waals surface area contributed by atoms with Crippen molar-refractivity contribution in [3.05, 3.63) is 0 Å². The molecule has 0 saturated carbocycles. The molecule has 6 heteroatoms. The van der Waals surface area contributed by atoms with Gasteiger partial charge in [-0.3, -0.25) is 4.79 Å². The van der Waals surface area contributed by atoms with Crippen LogP contribution in [0.25, 0.3) is 0 Å². The topological polar surface area (TPSA) is 75.7 Å². The molecule has 1 saturated heterocycles. The number of carbonyl (C=O) groups is 3. The van der Waals surface area contributed by atoms with Crippen molar-refractivity contribution in [2.45, 2.75) is 32.8 Å². The molecule has 1 unspecified atom stereocenters. The highest BCUT2D eigenvalue weighted by Crippen LogP contribution is 2.19. The molecule has 1 aliphatic rings. The number of aldehydes is 1. The Morgan fingerprint density at radius 1 is 1.44 bits per heavy atom. The molecule has 102 valence electrons. The minimum absolute atomic E-state index is 0.0156. The first kappa shape index (κ1) is 14.5. The van der Waals surface area contributed by atoms with Crippen LogP contribution in [0.1, 0.15) is 27.2 Å². The van der Waals surface area contributed by atoms with E-state index in [-0.39, 0.29) is 18.4 Å². The highest BCUT2D eigenvalue weighted by Gasteiger charge is 2.33. The van der Waals surface area contributed by atoms with Crippen LogP contribution in [0.4, 0.5) is 4.79 Å². The molecule has 1 atom stereocenters. The smallest absolute Gasteiger partial charge is 0.410 e. The van der Waals surface area contributed by atoms with Crippen LogP contribution in [0.5, 0.6) is 0 Å². The Kier molecular flexibility index (Phi) is 4.69. The van der Waals surface area contributed by atoms with Crippen LogP contribution in [-0.2, 0) is 14.3 Å². The second kappa shape index (κ2) is 5.84. The predicted octanol–water partition coefficient (Wildman–Crippen LogP) is 0.558. The zero-order chi connectivity index (χ0) is 13.8. The summed E-state index contributed by atoms with van der Waals surface area (Å²) < 4.78 is 5.23. The van der Waals surface area contributed by atoms with Gasteiger partial charge in [-0.2, -0.15) is 0 Å². The molecule has 1 N–H and O–H groups in total. The fraction of sp³-hybridized carbons (Fsp3) is 0.750. The van der Waals surface area contributed by atoms with Gasteiger partial charge in [0.25, 0.3) is 0 Å². The van der Waals surface area contributed by atoms with Crippen LogP contribution >= 0.6 is 0 Å². The minimum Gasteiger partial charge on any atom is -0.444 e. The molecule has 0 spiro atoms. The zero-order valence-electron chi connectivity index (χ0n) is 11.1. The Hall–Kier alpha value is -1.59. The molecule has 6 nitrogen and oxygen atoms in total. The average molecular weight is 256 g/mol. The highest BCUT2D eigenvalue weighted by molar-refractivity contribution is 5.82. The van der Waals surface area contributed by atoms with Gasteiger partial charge in [-0.15, -0.1) is 0 Å². The predicted molar refractivity (Wildman–Crippen MR) is 65.0 cm³/mol. The Morgan fingerprint density at radius 2 is 2.11 bits per heavy atom. The third-order valence-electron chi connectivity index (χ3n) is 2.57. The van der Waals surface area contributed by atoms with Gasteiger partial charge in [0.15, 0.2) is 0 Å². The van der Waals surface area contributed by atoms with Crippen molar-refractivity contribution in [3.63, 3.8) is 0 Å². The molecule has 0 aromatic heterocycles. The summed E-state index contributed by atoms with van der Waals surface area (Å²) >= 11 is 0. The summed E-state index contributed by atoms with van der Waals surface area (Å²) in [5.74, 6) is -0.439. The van der Waals surface area contributed by atoms with Gasteiger partial charge in [0, 0.05) is 13.1 Å². The fourth-order valence-corrected chi connectivity index (χ4v) is 1.75. The number of hydrogen-bond donors (Lipinski definition) is 1. The maximum absolute atomic E-state index is 11.8. The van der Waals surface area contributed by atoms with Crippen molar-refractivity contribution >= 4 is 18.3 Å². The van der Waals surface area contributed by atoms with Gasteiger partial charge in [-0.05, 0) is 27.2 Å². The monoisotopic (exact) mass is 256 g/mol. The lowest BCUT2D eigenvalue weighted by Crippen LogP contribution is -2.37. The van der Waals surface area contributed by atoms with Crippen LogP contribution < -0.4 is 5.32 Å². The quantitative estimate of drug-likeness (QED) is 0.748. The van der Waals surface area contributed by atoms with Gasteiger partial charge in [0.05, 0.1) is 12.5 Å². The Labute approximate surface area is 107 Å². The van der Waals surface area contributed by atoms with E-state index < -0.39 is 11.7 Å². The summed E-state index contributed by atoms with van der Waals surface area (Å²) in [4.78, 5) is 35.0. The van der Waals surface area contributed by atoms with Crippen LogP contribution in [0.3, 0.4) is 0 Å². The van der Waals surface area contributed by atoms with E-state index in [9.17, 15) is 14.4 Å². The normalized spacial score (nSPS) is 19.5. The van der Waals surface area contributed by atoms with Crippen LogP contribution in [0, 0.1) is 5.92 Å². The van der Waals surface area contributed by atoms with E-state index in [2.05, 4.69) is 5.32 Å². The molecule has 18 heavy (non-hydrogen) atoms. The summed E-state index contributed by atoms with van der Waals surface area (Å²) in [5.41, 5.74) is -0.533. The van der Waals surface area contributed by atoms with Crippen molar-refractivity contribution in [2.75, 3.05) is 19.6 Å². The lowest BCUT2D eigenvalue weighted by molar-refractivity contribution is -0.125. The second-order valence-corrected chi connectivity index (χ2v) is 5.32. The fourth-order valence-electron chi connectivity index (χ4n) is 1.75. The Morgan fingerprint density at radius 3 is 2.67 bits per heavy atom. The summed E-state index contributed by atoms with van der Waals surface area (Å²) in [7, 11) is 0. The van der Waals surface area contributed by atoms with Gasteiger partial charge in [0.2, 0.25) is 5.91 Å². The number of likely N-dealkylation sites (tertiary alicyclic amines) is 1. The third-order valence-corrected chi connectivity index (χ3v) is 2.57. The van der Waals surface area contributed by atoms with E-state index in [0.29, 0.717) is 25.8 Å². The van der Waals surface area contributed by atoms with Gasteiger partial charge in [-0.25, -0.2) is 4.79 Å². The van der Waals surface area contributed by atoms with E-state index in [0.717, 1.165) is 0 Å². The zero-order valence-corrected chi connectivity index (χ0v) is 11.1. The van der Waals surface area contributed by atoms with E-state index in [4.69, 9.17) is 4.74 Å². The Bertz CT molecular complexity index is 335. The largest absolute Gasteiger partial charge is 0.444 e. The van der Waals surface area contributed by atoms with Crippen LogP contribution in [0.15, 0.2) is 0 Å². The van der Waals surface area contributed by atoms with E-state index in [1.165, 1.54) is 4.90 Å². The maximum Gasteiger partial charge on any atom is 0.410 e. The number of ether oxygens (including phenoxy) is 1. The van der Waals surface area contributed by atoms with Gasteiger partial charge >= 0.3 is 6.09 Å². The van der Waals surface area contributed by atoms with E-state index in [1.54, 1.807) is 20.8 Å². The molecule has 0 aliphatic carbocycles. The summed E-state index contributed by atoms with van der Waals surface area (Å²) in [6.07, 6.45) is 0.843. The molecule has 2 amide bonds. The average Bonchev–Trinajstić information content (AvgIpc) is 2.72. The van der Waals surface area contributed by atoms with E-state index in [1.807, 2.05) is 0 Å². The molecule has 1 rings (SSSR count). The number of carbonyl (C=O) groups excluding carboxylic acids is 3. The van der Waals surface area contributed by atoms with Crippen molar-refractivity contribution in [2.24, 2.45) is 5.92 Å². The highest BCUT2D eigenvalue weighted by atomic mass is 16.6. The number of nitrogens with one attached hydrogen (secondary N) is 1. The SMILES string of the molecule is CC(C)(C)OC(=O)N1CCC(C(=O)NCC=O)C1. The number of nitrogens with zero attached hydrogens (tertiary/aromatic N) is 1. The van der Waals surface area contributed by atoms with Crippen molar-refractivity contribution in [3.8, 4) is 0 Å². The standard InChI is InChI=1S/C12H20N2O4/c1-12(2,3)18-11(17)14-6-4-9(8-14)10(16)13-5-7-15/h7,9H,4-6,8H2,1-3H3,(H,13,16). The Balaban J connectivity index is 2.43. The van der Waals surface area contributed by atoms with Crippen molar-refractivity contribution in [1.82, 2.24) is 10.2 Å². The minimum atomic E-state index is -0.533. The molecule has 0 radical (unpaired) electrons. The molecule has 1 heterocycles. The number of amides is 2. The number of rotatable bonds is 3. The molecule has 1 fully saturated rings. The van der Waals surface area contributed by atoms with Crippen molar-refractivity contribution in [1.29, 1.82) is 0 Å². The van der Waals surface area contributed by atoms with Gasteiger partial charge < -0.3 is 19.7 Å². The lowest BCUT2D eigenvalue weighted by Gasteiger charge is -2.24.